The van der Waals surface area contributed by atoms with Crippen molar-refractivity contribution >= 4 is 34.8 Å². The molecule has 7 heteroatoms. The molecule has 2 rings (SSSR count). The fraction of sp³-hybridized carbons (Fsp3) is 0.700. The van der Waals surface area contributed by atoms with Crippen LogP contribution in [0.15, 0.2) is 0 Å². The Hall–Kier alpha value is -0.720. The van der Waals surface area contributed by atoms with Crippen LogP contribution in [-0.2, 0) is 4.79 Å². The van der Waals surface area contributed by atoms with E-state index in [4.69, 9.17) is 5.73 Å². The van der Waals surface area contributed by atoms with Gasteiger partial charge >= 0.3 is 0 Å². The summed E-state index contributed by atoms with van der Waals surface area (Å²) in [5.74, 6) is -0.122. The van der Waals surface area contributed by atoms with Gasteiger partial charge in [0.15, 0.2) is 0 Å². The van der Waals surface area contributed by atoms with E-state index in [1.807, 2.05) is 6.92 Å². The first-order valence-electron chi connectivity index (χ1n) is 5.51. The van der Waals surface area contributed by atoms with Crippen molar-refractivity contribution in [3.8, 4) is 0 Å². The van der Waals surface area contributed by atoms with Crippen LogP contribution in [0.4, 0.5) is 5.13 Å². The van der Waals surface area contributed by atoms with Crippen LogP contribution in [0.5, 0.6) is 0 Å². The molecular formula is C10H17ClN4OS. The molecule has 1 heterocycles. The third kappa shape index (κ3) is 3.37. The average molecular weight is 277 g/mol. The zero-order chi connectivity index (χ0) is 11.6. The number of nitrogens with two attached hydrogens (primary N) is 1. The molecule has 0 aromatic carbocycles. The van der Waals surface area contributed by atoms with Crippen LogP contribution in [0, 0.1) is 6.92 Å². The van der Waals surface area contributed by atoms with Crippen molar-refractivity contribution in [1.29, 1.82) is 0 Å². The summed E-state index contributed by atoms with van der Waals surface area (Å²) in [5, 5.41) is 11.8. The maximum Gasteiger partial charge on any atom is 0.246 e. The number of carbonyl (C=O) groups excluding carboxylic acids is 1. The Morgan fingerprint density at radius 3 is 2.53 bits per heavy atom. The van der Waals surface area contributed by atoms with Crippen LogP contribution in [0.1, 0.15) is 37.1 Å². The van der Waals surface area contributed by atoms with E-state index < -0.39 is 5.54 Å². The van der Waals surface area contributed by atoms with Crippen LogP contribution < -0.4 is 11.1 Å². The van der Waals surface area contributed by atoms with Gasteiger partial charge in [0, 0.05) is 0 Å². The quantitative estimate of drug-likeness (QED) is 0.864. The van der Waals surface area contributed by atoms with E-state index in [-0.39, 0.29) is 18.3 Å². The number of halogens is 1. The molecule has 1 aromatic rings. The summed E-state index contributed by atoms with van der Waals surface area (Å²) in [7, 11) is 0. The second-order valence-electron chi connectivity index (χ2n) is 4.30. The van der Waals surface area contributed by atoms with Crippen molar-refractivity contribution < 1.29 is 4.79 Å². The lowest BCUT2D eigenvalue weighted by molar-refractivity contribution is -0.122. The van der Waals surface area contributed by atoms with Crippen LogP contribution in [0.25, 0.3) is 0 Å². The van der Waals surface area contributed by atoms with E-state index in [9.17, 15) is 4.79 Å². The fourth-order valence-corrected chi connectivity index (χ4v) is 2.57. The summed E-state index contributed by atoms with van der Waals surface area (Å²) in [4.78, 5) is 12.0. The molecule has 0 spiro atoms. The lowest BCUT2D eigenvalue weighted by Gasteiger charge is -2.31. The maximum atomic E-state index is 12.0. The summed E-state index contributed by atoms with van der Waals surface area (Å²) in [5.41, 5.74) is 5.39. The predicted molar refractivity (Wildman–Crippen MR) is 70.5 cm³/mol. The molecule has 0 atom stereocenters. The topological polar surface area (TPSA) is 80.9 Å². The molecule has 0 bridgehead atoms. The Bertz CT molecular complexity index is 389. The molecule has 1 fully saturated rings. The largest absolute Gasteiger partial charge is 0.317 e. The van der Waals surface area contributed by atoms with E-state index >= 15 is 0 Å². The number of amides is 1. The second-order valence-corrected chi connectivity index (χ2v) is 5.48. The number of anilines is 1. The molecule has 0 saturated heterocycles. The normalized spacial score (nSPS) is 18.2. The molecule has 5 nitrogen and oxygen atoms in total. The van der Waals surface area contributed by atoms with Gasteiger partial charge in [0.25, 0.3) is 0 Å². The van der Waals surface area contributed by atoms with Gasteiger partial charge in [-0.3, -0.25) is 10.1 Å². The van der Waals surface area contributed by atoms with E-state index in [2.05, 4.69) is 15.5 Å². The highest BCUT2D eigenvalue weighted by Gasteiger charge is 2.35. The minimum atomic E-state index is -0.710. The Balaban J connectivity index is 0.00000144. The number of aryl methyl sites for hydroxylation is 1. The lowest BCUT2D eigenvalue weighted by atomic mass is 9.82. The SMILES string of the molecule is Cc1nnc(NC(=O)C2(N)CCCCC2)s1.Cl. The second kappa shape index (κ2) is 5.75. The molecule has 0 radical (unpaired) electrons. The fourth-order valence-electron chi connectivity index (χ4n) is 1.98. The van der Waals surface area contributed by atoms with Crippen molar-refractivity contribution in [2.24, 2.45) is 5.73 Å². The summed E-state index contributed by atoms with van der Waals surface area (Å²) in [6.45, 7) is 1.85. The Morgan fingerprint density at radius 1 is 1.35 bits per heavy atom. The van der Waals surface area contributed by atoms with Gasteiger partial charge in [0.2, 0.25) is 11.0 Å². The Morgan fingerprint density at radius 2 is 2.00 bits per heavy atom. The molecule has 17 heavy (non-hydrogen) atoms. The average Bonchev–Trinajstić information content (AvgIpc) is 2.65. The zero-order valence-electron chi connectivity index (χ0n) is 9.73. The molecule has 0 unspecified atom stereocenters. The summed E-state index contributed by atoms with van der Waals surface area (Å²) in [6, 6.07) is 0. The van der Waals surface area contributed by atoms with E-state index in [1.165, 1.54) is 17.8 Å². The van der Waals surface area contributed by atoms with Crippen molar-refractivity contribution in [2.45, 2.75) is 44.6 Å². The summed E-state index contributed by atoms with van der Waals surface area (Å²) >= 11 is 1.37. The van der Waals surface area contributed by atoms with Crippen molar-refractivity contribution in [2.75, 3.05) is 5.32 Å². The van der Waals surface area contributed by atoms with E-state index in [0.717, 1.165) is 30.7 Å². The molecule has 1 amide bonds. The van der Waals surface area contributed by atoms with Gasteiger partial charge < -0.3 is 5.73 Å². The molecule has 96 valence electrons. The molecule has 1 aromatic heterocycles. The first-order chi connectivity index (χ1) is 7.60. The standard InChI is InChI=1S/C10H16N4OS.ClH/c1-7-13-14-9(16-7)12-8(15)10(11)5-3-2-4-6-10;/h2-6,11H2,1H3,(H,12,14,15);1H. The summed E-state index contributed by atoms with van der Waals surface area (Å²) in [6.07, 6.45) is 4.75. The van der Waals surface area contributed by atoms with Gasteiger partial charge in [0.05, 0.1) is 5.54 Å². The number of hydrogen-bond donors (Lipinski definition) is 2. The van der Waals surface area contributed by atoms with Crippen LogP contribution in [-0.4, -0.2) is 21.6 Å². The first kappa shape index (κ1) is 14.3. The van der Waals surface area contributed by atoms with Crippen LogP contribution >= 0.6 is 23.7 Å². The molecular weight excluding hydrogens is 260 g/mol. The third-order valence-corrected chi connectivity index (χ3v) is 3.70. The number of nitrogens with one attached hydrogen (secondary N) is 1. The van der Waals surface area contributed by atoms with Gasteiger partial charge in [-0.2, -0.15) is 0 Å². The van der Waals surface area contributed by atoms with Gasteiger partial charge in [-0.15, -0.1) is 22.6 Å². The Labute approximate surface area is 111 Å². The first-order valence-corrected chi connectivity index (χ1v) is 6.32. The lowest BCUT2D eigenvalue weighted by Crippen LogP contribution is -2.52. The highest BCUT2D eigenvalue weighted by atomic mass is 35.5. The molecule has 1 saturated carbocycles. The molecule has 1 aliphatic rings. The molecule has 3 N–H and O–H groups in total. The van der Waals surface area contributed by atoms with E-state index in [0.29, 0.717) is 5.13 Å². The number of nitrogens with zero attached hydrogens (tertiary/aromatic N) is 2. The number of carbonyl (C=O) groups is 1. The predicted octanol–water partition coefficient (Wildman–Crippen LogP) is 1.87. The maximum absolute atomic E-state index is 12.0. The monoisotopic (exact) mass is 276 g/mol. The van der Waals surface area contributed by atoms with Gasteiger partial charge in [0.1, 0.15) is 5.01 Å². The summed E-state index contributed by atoms with van der Waals surface area (Å²) < 4.78 is 0. The number of aromatic nitrogens is 2. The molecule has 1 aliphatic carbocycles. The van der Waals surface area contributed by atoms with E-state index in [1.54, 1.807) is 0 Å². The highest BCUT2D eigenvalue weighted by molar-refractivity contribution is 7.15. The van der Waals surface area contributed by atoms with Crippen molar-refractivity contribution in [1.82, 2.24) is 10.2 Å². The van der Waals surface area contributed by atoms with Gasteiger partial charge in [-0.05, 0) is 19.8 Å². The van der Waals surface area contributed by atoms with Crippen molar-refractivity contribution in [3.05, 3.63) is 5.01 Å². The van der Waals surface area contributed by atoms with Crippen LogP contribution in [0.3, 0.4) is 0 Å². The minimum absolute atomic E-state index is 0. The number of hydrogen-bond acceptors (Lipinski definition) is 5. The van der Waals surface area contributed by atoms with Crippen LogP contribution in [0.2, 0.25) is 0 Å². The van der Waals surface area contributed by atoms with Crippen molar-refractivity contribution in [3.63, 3.8) is 0 Å². The molecule has 0 aliphatic heterocycles. The zero-order valence-corrected chi connectivity index (χ0v) is 11.4. The Kier molecular flexibility index (Phi) is 4.85. The minimum Gasteiger partial charge on any atom is -0.317 e. The number of rotatable bonds is 2. The highest BCUT2D eigenvalue weighted by Crippen LogP contribution is 2.27. The van der Waals surface area contributed by atoms with Gasteiger partial charge in [-0.25, -0.2) is 0 Å². The smallest absolute Gasteiger partial charge is 0.246 e. The van der Waals surface area contributed by atoms with Gasteiger partial charge in [-0.1, -0.05) is 30.6 Å². The third-order valence-electron chi connectivity index (χ3n) is 2.94.